The zero-order valence-electron chi connectivity index (χ0n) is 27.1. The van der Waals surface area contributed by atoms with Crippen LogP contribution in [0.2, 0.25) is 0 Å². The fraction of sp³-hybridized carbons (Fsp3) is 0.371. The van der Waals surface area contributed by atoms with E-state index in [1.54, 1.807) is 17.2 Å². The van der Waals surface area contributed by atoms with E-state index in [1.807, 2.05) is 38.7 Å². The van der Waals surface area contributed by atoms with Crippen LogP contribution in [0.5, 0.6) is 0 Å². The number of carbonyl (C=O) groups is 2. The summed E-state index contributed by atoms with van der Waals surface area (Å²) in [5.74, 6) is -2.02. The summed E-state index contributed by atoms with van der Waals surface area (Å²) in [5.41, 5.74) is 1.03. The number of anilines is 2. The van der Waals surface area contributed by atoms with Crippen LogP contribution >= 0.6 is 0 Å². The van der Waals surface area contributed by atoms with Crippen molar-refractivity contribution in [3.8, 4) is 16.9 Å². The Morgan fingerprint density at radius 3 is 2.53 bits per heavy atom. The maximum atomic E-state index is 16.5. The van der Waals surface area contributed by atoms with E-state index in [1.165, 1.54) is 40.7 Å². The molecule has 0 aliphatic carbocycles. The van der Waals surface area contributed by atoms with Crippen molar-refractivity contribution in [3.63, 3.8) is 0 Å². The fourth-order valence-electron chi connectivity index (χ4n) is 6.79. The van der Waals surface area contributed by atoms with Gasteiger partial charge in [0.25, 0.3) is 0 Å². The topological polar surface area (TPSA) is 105 Å². The van der Waals surface area contributed by atoms with Gasteiger partial charge in [0.1, 0.15) is 17.3 Å². The molecular weight excluding hydrogens is 604 g/mol. The van der Waals surface area contributed by atoms with E-state index < -0.39 is 17.3 Å². The maximum absolute atomic E-state index is 16.5. The van der Waals surface area contributed by atoms with Gasteiger partial charge in [-0.2, -0.15) is 4.98 Å². The molecule has 0 N–H and O–H groups in total. The number of carbonyl (C=O) groups excluding carboxylic acids is 2. The molecular formula is C35H37F2N7O3. The Hall–Kier alpha value is -5.00. The first kappa shape index (κ1) is 32.0. The van der Waals surface area contributed by atoms with Gasteiger partial charge in [-0.15, -0.1) is 0 Å². The molecule has 3 aromatic heterocycles. The number of halogens is 2. The normalized spacial score (nSPS) is 18.1. The third-order valence-corrected chi connectivity index (χ3v) is 9.05. The monoisotopic (exact) mass is 641 g/mol. The first-order valence-corrected chi connectivity index (χ1v) is 15.8. The van der Waals surface area contributed by atoms with E-state index >= 15 is 8.78 Å². The van der Waals surface area contributed by atoms with Crippen molar-refractivity contribution in [3.05, 3.63) is 82.6 Å². The molecule has 12 heteroatoms. The molecule has 0 unspecified atom stereocenters. The lowest BCUT2D eigenvalue weighted by Gasteiger charge is -2.44. The SMILES string of the molecule is C=CC(=O)N1C[C@H](C)N(c2nc(=O)n3c4nc(c(F)cc24)-c2c(F)cccc2N(C(C)=O)CCCc2ccnc(C(C)C)c2-3)C[C@H]1C. The summed E-state index contributed by atoms with van der Waals surface area (Å²) in [5, 5.41) is 0.247. The number of nitrogens with zero attached hydrogens (tertiary/aromatic N) is 7. The van der Waals surface area contributed by atoms with Gasteiger partial charge in [0.15, 0.2) is 11.5 Å². The summed E-state index contributed by atoms with van der Waals surface area (Å²) in [6.07, 6.45) is 3.89. The third-order valence-electron chi connectivity index (χ3n) is 9.05. The van der Waals surface area contributed by atoms with Crippen molar-refractivity contribution < 1.29 is 18.4 Å². The highest BCUT2D eigenvalue weighted by molar-refractivity contribution is 5.98. The minimum absolute atomic E-state index is 0.0844. The van der Waals surface area contributed by atoms with Crippen LogP contribution in [0, 0.1) is 11.6 Å². The molecule has 10 nitrogen and oxygen atoms in total. The number of pyridine rings is 2. The maximum Gasteiger partial charge on any atom is 0.355 e. The first-order chi connectivity index (χ1) is 22.4. The summed E-state index contributed by atoms with van der Waals surface area (Å²) in [6, 6.07) is 6.75. The Labute approximate surface area is 271 Å². The molecule has 2 aliphatic rings. The first-order valence-electron chi connectivity index (χ1n) is 15.8. The van der Waals surface area contributed by atoms with Crippen molar-refractivity contribution in [2.75, 3.05) is 29.4 Å². The number of piperazine rings is 1. The zero-order valence-corrected chi connectivity index (χ0v) is 27.1. The van der Waals surface area contributed by atoms with Crippen LogP contribution < -0.4 is 15.5 Å². The van der Waals surface area contributed by atoms with Gasteiger partial charge in [0, 0.05) is 44.8 Å². The van der Waals surface area contributed by atoms with Crippen LogP contribution in [0.25, 0.3) is 28.0 Å². The molecule has 2 aliphatic heterocycles. The number of amides is 2. The Morgan fingerprint density at radius 1 is 1.06 bits per heavy atom. The number of fused-ring (bicyclic) bond motifs is 5. The number of aryl methyl sites for hydroxylation is 1. The number of hydrogen-bond donors (Lipinski definition) is 0. The van der Waals surface area contributed by atoms with E-state index in [2.05, 4.69) is 16.5 Å². The summed E-state index contributed by atoms with van der Waals surface area (Å²) >= 11 is 0. The smallest absolute Gasteiger partial charge is 0.349 e. The second-order valence-corrected chi connectivity index (χ2v) is 12.6. The highest BCUT2D eigenvalue weighted by Crippen LogP contribution is 2.39. The quantitative estimate of drug-likeness (QED) is 0.285. The Bertz CT molecular complexity index is 1990. The second-order valence-electron chi connectivity index (χ2n) is 12.6. The van der Waals surface area contributed by atoms with Gasteiger partial charge in [0.2, 0.25) is 11.8 Å². The molecule has 244 valence electrons. The van der Waals surface area contributed by atoms with Gasteiger partial charge < -0.3 is 14.7 Å². The van der Waals surface area contributed by atoms with Crippen LogP contribution in [-0.4, -0.2) is 68.0 Å². The zero-order chi connectivity index (χ0) is 33.7. The molecule has 0 saturated carbocycles. The van der Waals surface area contributed by atoms with Crippen molar-refractivity contribution >= 4 is 34.4 Å². The van der Waals surface area contributed by atoms with Crippen LogP contribution in [0.15, 0.2) is 54.0 Å². The lowest BCUT2D eigenvalue weighted by Crippen LogP contribution is -2.58. The van der Waals surface area contributed by atoms with Crippen molar-refractivity contribution in [1.29, 1.82) is 0 Å². The second kappa shape index (κ2) is 12.3. The fourth-order valence-corrected chi connectivity index (χ4v) is 6.79. The van der Waals surface area contributed by atoms with Gasteiger partial charge in [-0.1, -0.05) is 26.5 Å². The van der Waals surface area contributed by atoms with Crippen LogP contribution in [0.3, 0.4) is 0 Å². The molecule has 4 aromatic rings. The summed E-state index contributed by atoms with van der Waals surface area (Å²) in [6.45, 7) is 13.6. The molecule has 1 saturated heterocycles. The predicted molar refractivity (Wildman–Crippen MR) is 177 cm³/mol. The van der Waals surface area contributed by atoms with Crippen molar-refractivity contribution in [2.45, 2.75) is 65.5 Å². The number of benzene rings is 1. The van der Waals surface area contributed by atoms with Gasteiger partial charge >= 0.3 is 5.69 Å². The minimum atomic E-state index is -0.839. The lowest BCUT2D eigenvalue weighted by atomic mass is 9.99. The minimum Gasteiger partial charge on any atom is -0.349 e. The molecule has 5 heterocycles. The number of hydrogen-bond acceptors (Lipinski definition) is 7. The molecule has 1 aromatic carbocycles. The van der Waals surface area contributed by atoms with E-state index in [-0.39, 0.29) is 70.2 Å². The van der Waals surface area contributed by atoms with Crippen molar-refractivity contribution in [2.24, 2.45) is 0 Å². The standard InChI is InChI=1S/C35H37F2N7O3/c1-7-28(46)42-17-21(5)43(18-20(42)4)33-24-16-26(37)31-29-25(36)11-8-12-27(29)41(22(6)45)15-9-10-23-13-14-38-30(19(2)3)32(23)44(34(24)39-31)35(47)40-33/h7-8,11-14,16,19-21H,1,9-10,15,17-18H2,2-6H3/t20-,21+/m1/s1. The summed E-state index contributed by atoms with van der Waals surface area (Å²) in [7, 11) is 0. The van der Waals surface area contributed by atoms with Crippen LogP contribution in [-0.2, 0) is 16.0 Å². The van der Waals surface area contributed by atoms with E-state index in [0.29, 0.717) is 37.3 Å². The lowest BCUT2D eigenvalue weighted by molar-refractivity contribution is -0.128. The van der Waals surface area contributed by atoms with E-state index in [9.17, 15) is 14.4 Å². The predicted octanol–water partition coefficient (Wildman–Crippen LogP) is 5.16. The highest BCUT2D eigenvalue weighted by Gasteiger charge is 2.35. The number of rotatable bonds is 3. The van der Waals surface area contributed by atoms with Gasteiger partial charge in [-0.25, -0.2) is 23.1 Å². The summed E-state index contributed by atoms with van der Waals surface area (Å²) < 4.78 is 33.6. The Balaban J connectivity index is 1.72. The molecule has 0 radical (unpaired) electrons. The average molecular weight is 642 g/mol. The van der Waals surface area contributed by atoms with Crippen LogP contribution in [0.1, 0.15) is 58.2 Å². The molecule has 2 amide bonds. The van der Waals surface area contributed by atoms with Crippen LogP contribution in [0.4, 0.5) is 20.3 Å². The third kappa shape index (κ3) is 5.45. The molecule has 1 fully saturated rings. The largest absolute Gasteiger partial charge is 0.355 e. The summed E-state index contributed by atoms with van der Waals surface area (Å²) in [4.78, 5) is 58.7. The molecule has 47 heavy (non-hydrogen) atoms. The van der Waals surface area contributed by atoms with Gasteiger partial charge in [-0.3, -0.25) is 14.6 Å². The Kier molecular flexibility index (Phi) is 8.37. The van der Waals surface area contributed by atoms with E-state index in [0.717, 1.165) is 5.56 Å². The molecule has 6 rings (SSSR count). The van der Waals surface area contributed by atoms with Gasteiger partial charge in [0.05, 0.1) is 28.0 Å². The van der Waals surface area contributed by atoms with Crippen molar-refractivity contribution in [1.82, 2.24) is 24.4 Å². The molecule has 2 atom stereocenters. The van der Waals surface area contributed by atoms with E-state index in [4.69, 9.17) is 4.98 Å². The molecule has 2 bridgehead atoms. The van der Waals surface area contributed by atoms with Gasteiger partial charge in [-0.05, 0) is 68.5 Å². The highest BCUT2D eigenvalue weighted by atomic mass is 19.1. The average Bonchev–Trinajstić information content (AvgIpc) is 3.02. The Morgan fingerprint density at radius 2 is 1.83 bits per heavy atom. The number of aromatic nitrogens is 4. The molecule has 0 spiro atoms.